The smallest absolute Gasteiger partial charge is 0.257 e. The van der Waals surface area contributed by atoms with Gasteiger partial charge in [0.2, 0.25) is 0 Å². The summed E-state index contributed by atoms with van der Waals surface area (Å²) in [6.07, 6.45) is 5.59. The van der Waals surface area contributed by atoms with Crippen molar-refractivity contribution in [1.29, 1.82) is 0 Å². The topological polar surface area (TPSA) is 91.9 Å². The molecule has 1 aliphatic heterocycles. The molecule has 0 unspecified atom stereocenters. The quantitative estimate of drug-likeness (QED) is 0.460. The molecule has 0 atom stereocenters. The number of piperidine rings is 1. The first kappa shape index (κ1) is 19.3. The molecule has 156 valence electrons. The number of anilines is 1. The number of nitrogens with zero attached hydrogens (tertiary/aromatic N) is 2. The Kier molecular flexibility index (Phi) is 5.33. The maximum atomic E-state index is 12.8. The van der Waals surface area contributed by atoms with Gasteiger partial charge in [0.15, 0.2) is 0 Å². The molecular formula is C24H23N5O2. The van der Waals surface area contributed by atoms with E-state index in [4.69, 9.17) is 9.72 Å². The van der Waals surface area contributed by atoms with E-state index in [0.29, 0.717) is 22.6 Å². The number of carbonyl (C=O) groups excluding carboxylic acids is 1. The van der Waals surface area contributed by atoms with Gasteiger partial charge in [-0.3, -0.25) is 9.78 Å². The Hall–Kier alpha value is -3.71. The van der Waals surface area contributed by atoms with Gasteiger partial charge in [0.05, 0.1) is 23.0 Å². The second-order valence-corrected chi connectivity index (χ2v) is 7.57. The summed E-state index contributed by atoms with van der Waals surface area (Å²) in [6, 6.07) is 17.0. The number of hydrogen-bond donors (Lipinski definition) is 3. The Bertz CT molecular complexity index is 1180. The van der Waals surface area contributed by atoms with Crippen LogP contribution in [0.25, 0.3) is 22.4 Å². The lowest BCUT2D eigenvalue weighted by atomic mass is 10.1. The summed E-state index contributed by atoms with van der Waals surface area (Å²) in [5, 5.41) is 6.21. The van der Waals surface area contributed by atoms with E-state index in [9.17, 15) is 4.79 Å². The van der Waals surface area contributed by atoms with E-state index in [2.05, 4.69) is 20.6 Å². The summed E-state index contributed by atoms with van der Waals surface area (Å²) in [4.78, 5) is 24.9. The van der Waals surface area contributed by atoms with E-state index in [1.54, 1.807) is 30.6 Å². The SMILES string of the molecule is O=C(Nc1cccnc1)c1cccc2[nH]c(-c3ccc(OC4CCNCC4)cc3)nc12. The fraction of sp³-hybridized carbons (Fsp3) is 0.208. The van der Waals surface area contributed by atoms with Crippen molar-refractivity contribution in [2.75, 3.05) is 18.4 Å². The minimum atomic E-state index is -0.220. The highest BCUT2D eigenvalue weighted by Crippen LogP contribution is 2.26. The lowest BCUT2D eigenvalue weighted by Gasteiger charge is -2.23. The highest BCUT2D eigenvalue weighted by molar-refractivity contribution is 6.11. The van der Waals surface area contributed by atoms with Gasteiger partial charge < -0.3 is 20.4 Å². The Morgan fingerprint density at radius 1 is 1.03 bits per heavy atom. The van der Waals surface area contributed by atoms with E-state index in [0.717, 1.165) is 42.8 Å². The van der Waals surface area contributed by atoms with E-state index in [-0.39, 0.29) is 12.0 Å². The van der Waals surface area contributed by atoms with Gasteiger partial charge in [-0.15, -0.1) is 0 Å². The summed E-state index contributed by atoms with van der Waals surface area (Å²) in [5.41, 5.74) is 3.53. The summed E-state index contributed by atoms with van der Waals surface area (Å²) < 4.78 is 6.08. The highest BCUT2D eigenvalue weighted by atomic mass is 16.5. The van der Waals surface area contributed by atoms with E-state index >= 15 is 0 Å². The number of imidazole rings is 1. The third kappa shape index (κ3) is 4.27. The molecule has 3 N–H and O–H groups in total. The van der Waals surface area contributed by atoms with Gasteiger partial charge in [-0.25, -0.2) is 4.98 Å². The number of fused-ring (bicyclic) bond motifs is 1. The zero-order valence-electron chi connectivity index (χ0n) is 17.0. The third-order valence-corrected chi connectivity index (χ3v) is 5.39. The molecular weight excluding hydrogens is 390 g/mol. The minimum Gasteiger partial charge on any atom is -0.490 e. The van der Waals surface area contributed by atoms with Crippen molar-refractivity contribution in [2.45, 2.75) is 18.9 Å². The normalized spacial score (nSPS) is 14.5. The van der Waals surface area contributed by atoms with Crippen LogP contribution in [0.1, 0.15) is 23.2 Å². The average Bonchev–Trinajstić information content (AvgIpc) is 3.25. The molecule has 7 heteroatoms. The van der Waals surface area contributed by atoms with Crippen molar-refractivity contribution in [2.24, 2.45) is 0 Å². The van der Waals surface area contributed by atoms with Crippen molar-refractivity contribution in [1.82, 2.24) is 20.3 Å². The number of carbonyl (C=O) groups is 1. The van der Waals surface area contributed by atoms with Crippen LogP contribution >= 0.6 is 0 Å². The number of pyridine rings is 1. The fourth-order valence-corrected chi connectivity index (χ4v) is 3.78. The third-order valence-electron chi connectivity index (χ3n) is 5.39. The molecule has 0 aliphatic carbocycles. The zero-order chi connectivity index (χ0) is 21.0. The van der Waals surface area contributed by atoms with Crippen LogP contribution in [-0.2, 0) is 0 Å². The molecule has 0 bridgehead atoms. The van der Waals surface area contributed by atoms with Gasteiger partial charge in [-0.05, 0) is 74.5 Å². The summed E-state index contributed by atoms with van der Waals surface area (Å²) >= 11 is 0. The summed E-state index contributed by atoms with van der Waals surface area (Å²) in [5.74, 6) is 1.36. The van der Waals surface area contributed by atoms with Gasteiger partial charge in [0.1, 0.15) is 23.2 Å². The molecule has 1 aliphatic rings. The number of ether oxygens (including phenoxy) is 1. The van der Waals surface area contributed by atoms with Crippen LogP contribution in [0, 0.1) is 0 Å². The number of benzene rings is 2. The lowest BCUT2D eigenvalue weighted by molar-refractivity contribution is 0.102. The Morgan fingerprint density at radius 2 is 1.87 bits per heavy atom. The largest absolute Gasteiger partial charge is 0.490 e. The van der Waals surface area contributed by atoms with Crippen molar-refractivity contribution < 1.29 is 9.53 Å². The molecule has 4 aromatic rings. The molecule has 1 amide bonds. The van der Waals surface area contributed by atoms with Crippen LogP contribution in [-0.4, -0.2) is 40.1 Å². The van der Waals surface area contributed by atoms with Crippen molar-refractivity contribution >= 4 is 22.6 Å². The molecule has 7 nitrogen and oxygen atoms in total. The fourth-order valence-electron chi connectivity index (χ4n) is 3.78. The molecule has 3 heterocycles. The number of para-hydroxylation sites is 1. The second kappa shape index (κ2) is 8.57. The van der Waals surface area contributed by atoms with Crippen LogP contribution in [0.15, 0.2) is 67.0 Å². The van der Waals surface area contributed by atoms with E-state index in [1.807, 2.05) is 36.4 Å². The maximum Gasteiger partial charge on any atom is 0.257 e. The number of rotatable bonds is 5. The first-order valence-electron chi connectivity index (χ1n) is 10.4. The molecule has 0 radical (unpaired) electrons. The standard InChI is InChI=1S/C24H23N5O2/c30-24(27-17-3-2-12-26-15-17)20-4-1-5-21-22(20)29-23(28-21)16-6-8-18(9-7-16)31-19-10-13-25-14-11-19/h1-9,12,15,19,25H,10-11,13-14H2,(H,27,30)(H,28,29). The molecule has 1 fully saturated rings. The first-order chi connectivity index (χ1) is 15.3. The highest BCUT2D eigenvalue weighted by Gasteiger charge is 2.16. The Labute approximate surface area is 179 Å². The molecule has 2 aromatic heterocycles. The number of H-pyrrole nitrogens is 1. The minimum absolute atomic E-state index is 0.220. The van der Waals surface area contributed by atoms with Crippen molar-refractivity contribution in [3.8, 4) is 17.1 Å². The molecule has 1 saturated heterocycles. The Morgan fingerprint density at radius 3 is 2.65 bits per heavy atom. The molecule has 31 heavy (non-hydrogen) atoms. The van der Waals surface area contributed by atoms with Crippen molar-refractivity contribution in [3.63, 3.8) is 0 Å². The van der Waals surface area contributed by atoms with E-state index < -0.39 is 0 Å². The molecule has 0 spiro atoms. The van der Waals surface area contributed by atoms with E-state index in [1.165, 1.54) is 0 Å². The van der Waals surface area contributed by atoms with Gasteiger partial charge >= 0.3 is 0 Å². The predicted octanol–water partition coefficient (Wildman–Crippen LogP) is 4.01. The van der Waals surface area contributed by atoms with Crippen LogP contribution in [0.2, 0.25) is 0 Å². The second-order valence-electron chi connectivity index (χ2n) is 7.57. The maximum absolute atomic E-state index is 12.8. The summed E-state index contributed by atoms with van der Waals surface area (Å²) in [6.45, 7) is 2.00. The van der Waals surface area contributed by atoms with Crippen molar-refractivity contribution in [3.05, 3.63) is 72.6 Å². The molecule has 0 saturated carbocycles. The van der Waals surface area contributed by atoms with Crippen LogP contribution < -0.4 is 15.4 Å². The average molecular weight is 413 g/mol. The van der Waals surface area contributed by atoms with Gasteiger partial charge in [-0.2, -0.15) is 0 Å². The predicted molar refractivity (Wildman–Crippen MR) is 120 cm³/mol. The Balaban J connectivity index is 1.37. The first-order valence-corrected chi connectivity index (χ1v) is 10.4. The zero-order valence-corrected chi connectivity index (χ0v) is 17.0. The monoisotopic (exact) mass is 413 g/mol. The van der Waals surface area contributed by atoms with Crippen LogP contribution in [0.3, 0.4) is 0 Å². The molecule has 5 rings (SSSR count). The summed E-state index contributed by atoms with van der Waals surface area (Å²) in [7, 11) is 0. The van der Waals surface area contributed by atoms with Crippen LogP contribution in [0.4, 0.5) is 5.69 Å². The number of aromatic amines is 1. The van der Waals surface area contributed by atoms with Crippen LogP contribution in [0.5, 0.6) is 5.75 Å². The number of nitrogens with one attached hydrogen (secondary N) is 3. The number of hydrogen-bond acceptors (Lipinski definition) is 5. The van der Waals surface area contributed by atoms with Gasteiger partial charge in [0.25, 0.3) is 5.91 Å². The number of aromatic nitrogens is 3. The lowest BCUT2D eigenvalue weighted by Crippen LogP contribution is -2.34. The van der Waals surface area contributed by atoms with Gasteiger partial charge in [0, 0.05) is 11.8 Å². The number of amides is 1. The van der Waals surface area contributed by atoms with Gasteiger partial charge in [-0.1, -0.05) is 6.07 Å². The molecule has 2 aromatic carbocycles.